The van der Waals surface area contributed by atoms with Gasteiger partial charge in [0.15, 0.2) is 0 Å². The number of carbonyl (C=O) groups is 4. The quantitative estimate of drug-likeness (QED) is 0.295. The summed E-state index contributed by atoms with van der Waals surface area (Å²) in [5.74, 6) is -2.52. The molecule has 5 N–H and O–H groups in total. The van der Waals surface area contributed by atoms with Gasteiger partial charge in [-0.25, -0.2) is 10.3 Å². The minimum absolute atomic E-state index is 0.0563. The molecule has 0 bridgehead atoms. The largest absolute Gasteiger partial charge is 0.481 e. The number of amides is 3. The Bertz CT molecular complexity index is 491. The predicted molar refractivity (Wildman–Crippen MR) is 82.4 cm³/mol. The van der Waals surface area contributed by atoms with Crippen molar-refractivity contribution in [1.82, 2.24) is 10.8 Å². The standard InChI is InChI=1S/C14H23N3O7/c1-4-7-23-13(22)16-9(5-6-10(15)18)11(19)17-24-8-14(2,3)12(20)21/h4,9H,1,5-8H2,2-3H3,(H2,15,18)(H,16,22)(H,17,19)(H,20,21). The van der Waals surface area contributed by atoms with Crippen LogP contribution in [-0.2, 0) is 24.0 Å². The highest BCUT2D eigenvalue weighted by atomic mass is 16.7. The molecule has 24 heavy (non-hydrogen) atoms. The normalized spacial score (nSPS) is 11.9. The maximum atomic E-state index is 12.0. The van der Waals surface area contributed by atoms with Gasteiger partial charge in [0.1, 0.15) is 12.6 Å². The van der Waals surface area contributed by atoms with E-state index in [0.717, 1.165) is 0 Å². The Morgan fingerprint density at radius 1 is 1.33 bits per heavy atom. The third kappa shape index (κ3) is 8.73. The van der Waals surface area contributed by atoms with Crippen LogP contribution >= 0.6 is 0 Å². The number of hydroxylamine groups is 1. The summed E-state index contributed by atoms with van der Waals surface area (Å²) in [6.07, 6.45) is 0.233. The molecule has 10 nitrogen and oxygen atoms in total. The molecule has 0 aliphatic rings. The van der Waals surface area contributed by atoms with E-state index in [9.17, 15) is 19.2 Å². The minimum Gasteiger partial charge on any atom is -0.481 e. The summed E-state index contributed by atoms with van der Waals surface area (Å²) in [5, 5.41) is 11.2. The Labute approximate surface area is 139 Å². The zero-order chi connectivity index (χ0) is 18.8. The second-order valence-corrected chi connectivity index (χ2v) is 5.53. The predicted octanol–water partition coefficient (Wildman–Crippen LogP) is -0.309. The minimum atomic E-state index is -1.22. The van der Waals surface area contributed by atoms with Gasteiger partial charge < -0.3 is 20.9 Å². The van der Waals surface area contributed by atoms with Crippen molar-refractivity contribution in [2.24, 2.45) is 11.1 Å². The number of rotatable bonds is 11. The number of primary amides is 1. The fourth-order valence-electron chi connectivity index (χ4n) is 1.29. The van der Waals surface area contributed by atoms with E-state index < -0.39 is 35.3 Å². The van der Waals surface area contributed by atoms with Crippen LogP contribution in [0.2, 0.25) is 0 Å². The van der Waals surface area contributed by atoms with E-state index >= 15 is 0 Å². The average Bonchev–Trinajstić information content (AvgIpc) is 2.48. The molecular formula is C14H23N3O7. The van der Waals surface area contributed by atoms with Crippen molar-refractivity contribution < 1.29 is 33.9 Å². The third-order valence-electron chi connectivity index (χ3n) is 2.80. The van der Waals surface area contributed by atoms with Crippen molar-refractivity contribution in [3.63, 3.8) is 0 Å². The molecule has 0 fully saturated rings. The number of alkyl carbamates (subject to hydrolysis) is 1. The van der Waals surface area contributed by atoms with Crippen molar-refractivity contribution in [3.05, 3.63) is 12.7 Å². The Hall–Kier alpha value is -2.62. The molecule has 1 unspecified atom stereocenters. The zero-order valence-corrected chi connectivity index (χ0v) is 13.7. The Kier molecular flexibility index (Phi) is 9.10. The lowest BCUT2D eigenvalue weighted by atomic mass is 9.96. The molecule has 0 spiro atoms. The van der Waals surface area contributed by atoms with Gasteiger partial charge in [0.25, 0.3) is 5.91 Å². The van der Waals surface area contributed by atoms with Crippen LogP contribution < -0.4 is 16.5 Å². The maximum Gasteiger partial charge on any atom is 0.408 e. The molecule has 0 aromatic heterocycles. The lowest BCUT2D eigenvalue weighted by Crippen LogP contribution is -2.48. The first kappa shape index (κ1) is 21.4. The number of carboxylic acid groups (broad SMARTS) is 1. The molecule has 1 atom stereocenters. The topological polar surface area (TPSA) is 157 Å². The van der Waals surface area contributed by atoms with Gasteiger partial charge in [-0.15, -0.1) is 0 Å². The summed E-state index contributed by atoms with van der Waals surface area (Å²) in [4.78, 5) is 50.1. The smallest absolute Gasteiger partial charge is 0.408 e. The van der Waals surface area contributed by atoms with Crippen LogP contribution in [0.4, 0.5) is 4.79 Å². The third-order valence-corrected chi connectivity index (χ3v) is 2.80. The van der Waals surface area contributed by atoms with E-state index in [2.05, 4.69) is 16.6 Å². The van der Waals surface area contributed by atoms with Crippen LogP contribution in [0.15, 0.2) is 12.7 Å². The molecule has 3 amide bonds. The SMILES string of the molecule is C=CCOC(=O)NC(CCC(N)=O)C(=O)NOCC(C)(C)C(=O)O. The number of ether oxygens (including phenoxy) is 1. The molecule has 0 aliphatic heterocycles. The van der Waals surface area contributed by atoms with Crippen molar-refractivity contribution in [3.8, 4) is 0 Å². The van der Waals surface area contributed by atoms with E-state index in [1.165, 1.54) is 19.9 Å². The molecule has 10 heteroatoms. The average molecular weight is 345 g/mol. The molecule has 0 saturated carbocycles. The fourth-order valence-corrected chi connectivity index (χ4v) is 1.29. The summed E-state index contributed by atoms with van der Waals surface area (Å²) in [7, 11) is 0. The second kappa shape index (κ2) is 10.2. The number of aliphatic carboxylic acids is 1. The van der Waals surface area contributed by atoms with Crippen molar-refractivity contribution in [1.29, 1.82) is 0 Å². The second-order valence-electron chi connectivity index (χ2n) is 5.53. The van der Waals surface area contributed by atoms with E-state index in [0.29, 0.717) is 0 Å². The van der Waals surface area contributed by atoms with Gasteiger partial charge in [-0.05, 0) is 20.3 Å². The molecule has 0 aromatic carbocycles. The van der Waals surface area contributed by atoms with Crippen LogP contribution in [0.3, 0.4) is 0 Å². The van der Waals surface area contributed by atoms with E-state index in [1.807, 2.05) is 5.48 Å². The first-order valence-electron chi connectivity index (χ1n) is 7.07. The lowest BCUT2D eigenvalue weighted by molar-refractivity contribution is -0.156. The number of hydrogen-bond donors (Lipinski definition) is 4. The van der Waals surface area contributed by atoms with Crippen LogP contribution in [0, 0.1) is 5.41 Å². The number of nitrogens with two attached hydrogens (primary N) is 1. The highest BCUT2D eigenvalue weighted by molar-refractivity contribution is 5.85. The van der Waals surface area contributed by atoms with Gasteiger partial charge in [-0.3, -0.25) is 19.2 Å². The summed E-state index contributed by atoms with van der Waals surface area (Å²) in [5.41, 5.74) is 5.84. The summed E-state index contributed by atoms with van der Waals surface area (Å²) < 4.78 is 4.69. The van der Waals surface area contributed by atoms with Crippen molar-refractivity contribution >= 4 is 23.9 Å². The molecule has 136 valence electrons. The monoisotopic (exact) mass is 345 g/mol. The van der Waals surface area contributed by atoms with Crippen LogP contribution in [0.25, 0.3) is 0 Å². The van der Waals surface area contributed by atoms with E-state index in [-0.39, 0.29) is 26.1 Å². The van der Waals surface area contributed by atoms with Crippen LogP contribution in [0.1, 0.15) is 26.7 Å². The Morgan fingerprint density at radius 2 is 1.96 bits per heavy atom. The van der Waals surface area contributed by atoms with Crippen LogP contribution in [0.5, 0.6) is 0 Å². The molecule has 0 saturated heterocycles. The number of carbonyl (C=O) groups excluding carboxylic acids is 3. The molecule has 0 heterocycles. The van der Waals surface area contributed by atoms with Crippen LogP contribution in [-0.4, -0.2) is 48.2 Å². The summed E-state index contributed by atoms with van der Waals surface area (Å²) >= 11 is 0. The molecule has 0 rings (SSSR count). The van der Waals surface area contributed by atoms with Crippen molar-refractivity contribution in [2.75, 3.05) is 13.2 Å². The summed E-state index contributed by atoms with van der Waals surface area (Å²) in [6.45, 7) is 5.85. The molecule has 0 aromatic rings. The highest BCUT2D eigenvalue weighted by Gasteiger charge is 2.29. The number of nitrogens with one attached hydrogen (secondary N) is 2. The van der Waals surface area contributed by atoms with Gasteiger partial charge >= 0.3 is 12.1 Å². The Balaban J connectivity index is 4.61. The van der Waals surface area contributed by atoms with Gasteiger partial charge in [0, 0.05) is 6.42 Å². The molecule has 0 radical (unpaired) electrons. The van der Waals surface area contributed by atoms with Crippen molar-refractivity contribution in [2.45, 2.75) is 32.7 Å². The first-order chi connectivity index (χ1) is 11.1. The first-order valence-corrected chi connectivity index (χ1v) is 7.07. The zero-order valence-electron chi connectivity index (χ0n) is 13.7. The highest BCUT2D eigenvalue weighted by Crippen LogP contribution is 2.14. The van der Waals surface area contributed by atoms with Gasteiger partial charge in [-0.2, -0.15) is 0 Å². The Morgan fingerprint density at radius 3 is 2.46 bits per heavy atom. The van der Waals surface area contributed by atoms with E-state index in [1.54, 1.807) is 0 Å². The molecule has 0 aliphatic carbocycles. The number of carboxylic acids is 1. The number of hydrogen-bond acceptors (Lipinski definition) is 6. The van der Waals surface area contributed by atoms with E-state index in [4.69, 9.17) is 15.7 Å². The molecular weight excluding hydrogens is 322 g/mol. The fraction of sp³-hybridized carbons (Fsp3) is 0.571. The van der Waals surface area contributed by atoms with Gasteiger partial charge in [0.2, 0.25) is 5.91 Å². The van der Waals surface area contributed by atoms with Gasteiger partial charge in [-0.1, -0.05) is 12.7 Å². The summed E-state index contributed by atoms with van der Waals surface area (Å²) in [6, 6.07) is -1.14. The lowest BCUT2D eigenvalue weighted by Gasteiger charge is -2.21. The van der Waals surface area contributed by atoms with Gasteiger partial charge in [0.05, 0.1) is 12.0 Å². The maximum absolute atomic E-state index is 12.0.